The molecule has 6 nitrogen and oxygen atoms in total. The third kappa shape index (κ3) is 3.90. The number of rotatable bonds is 4. The fourth-order valence-electron chi connectivity index (χ4n) is 2.90. The summed E-state index contributed by atoms with van der Waals surface area (Å²) in [5.41, 5.74) is 1.50. The van der Waals surface area contributed by atoms with Crippen molar-refractivity contribution in [3.8, 4) is 5.69 Å². The van der Waals surface area contributed by atoms with Crippen LogP contribution in [0.4, 0.5) is 0 Å². The minimum atomic E-state index is 0.100. The Labute approximate surface area is 140 Å². The topological polar surface area (TPSA) is 63.9 Å². The van der Waals surface area contributed by atoms with Gasteiger partial charge in [-0.2, -0.15) is 11.8 Å². The fraction of sp³-hybridized carbons (Fsp3) is 0.500. The van der Waals surface area contributed by atoms with Crippen molar-refractivity contribution < 1.29 is 4.79 Å². The lowest BCUT2D eigenvalue weighted by Crippen LogP contribution is -2.35. The molecule has 0 spiro atoms. The van der Waals surface area contributed by atoms with E-state index in [2.05, 4.69) is 22.4 Å². The van der Waals surface area contributed by atoms with Gasteiger partial charge in [0, 0.05) is 23.9 Å². The number of amides is 1. The van der Waals surface area contributed by atoms with Gasteiger partial charge in [0.05, 0.1) is 5.69 Å². The summed E-state index contributed by atoms with van der Waals surface area (Å²) < 4.78 is 1.56. The summed E-state index contributed by atoms with van der Waals surface area (Å²) in [6, 6.07) is 7.49. The Morgan fingerprint density at radius 1 is 1.39 bits per heavy atom. The van der Waals surface area contributed by atoms with Gasteiger partial charge in [-0.15, -0.1) is 5.10 Å². The molecule has 1 saturated heterocycles. The highest BCUT2D eigenvalue weighted by atomic mass is 32.2. The predicted octanol–water partition coefficient (Wildman–Crippen LogP) is 2.41. The average Bonchev–Trinajstić information content (AvgIpc) is 3.02. The van der Waals surface area contributed by atoms with Gasteiger partial charge in [-0.3, -0.25) is 4.79 Å². The van der Waals surface area contributed by atoms with Crippen LogP contribution < -0.4 is 0 Å². The number of likely N-dealkylation sites (tertiary alicyclic amines) is 1. The van der Waals surface area contributed by atoms with Gasteiger partial charge in [0.1, 0.15) is 6.33 Å². The molecule has 1 aliphatic heterocycles. The van der Waals surface area contributed by atoms with Crippen molar-refractivity contribution in [3.05, 3.63) is 36.2 Å². The Hall–Kier alpha value is -1.89. The van der Waals surface area contributed by atoms with Gasteiger partial charge in [-0.25, -0.2) is 4.68 Å². The highest BCUT2D eigenvalue weighted by molar-refractivity contribution is 7.99. The van der Waals surface area contributed by atoms with Crippen LogP contribution in [0.5, 0.6) is 0 Å². The second-order valence-corrected chi connectivity index (χ2v) is 7.21. The normalized spacial score (nSPS) is 18.7. The van der Waals surface area contributed by atoms with Crippen LogP contribution in [0.3, 0.4) is 0 Å². The number of carbonyl (C=O) groups is 1. The average molecular weight is 331 g/mol. The Morgan fingerprint density at radius 2 is 2.30 bits per heavy atom. The maximum absolute atomic E-state index is 12.9. The van der Waals surface area contributed by atoms with Crippen LogP contribution in [0.1, 0.15) is 36.5 Å². The quantitative estimate of drug-likeness (QED) is 0.861. The Bertz CT molecular complexity index is 646. The van der Waals surface area contributed by atoms with Gasteiger partial charge in [-0.05, 0) is 47.2 Å². The summed E-state index contributed by atoms with van der Waals surface area (Å²) in [5, 5.41) is 11.7. The highest BCUT2D eigenvalue weighted by Crippen LogP contribution is 2.23. The molecule has 1 unspecified atom stereocenters. The van der Waals surface area contributed by atoms with Crippen molar-refractivity contribution >= 4 is 17.7 Å². The number of hydrogen-bond donors (Lipinski definition) is 0. The first-order valence-electron chi connectivity index (χ1n) is 8.02. The first kappa shape index (κ1) is 16.0. The molecule has 2 heterocycles. The number of nitrogens with zero attached hydrogens (tertiary/aromatic N) is 5. The molecule has 3 rings (SSSR count). The molecule has 7 heteroatoms. The molecule has 0 saturated carbocycles. The molecule has 1 aliphatic rings. The maximum atomic E-state index is 12.9. The van der Waals surface area contributed by atoms with E-state index in [1.807, 2.05) is 40.9 Å². The number of benzene rings is 1. The predicted molar refractivity (Wildman–Crippen MR) is 90.8 cm³/mol. The maximum Gasteiger partial charge on any atom is 0.253 e. The minimum absolute atomic E-state index is 0.100. The van der Waals surface area contributed by atoms with E-state index in [-0.39, 0.29) is 5.91 Å². The van der Waals surface area contributed by atoms with E-state index in [1.54, 1.807) is 4.68 Å². The Morgan fingerprint density at radius 3 is 3.09 bits per heavy atom. The summed E-state index contributed by atoms with van der Waals surface area (Å²) in [7, 11) is 0. The minimum Gasteiger partial charge on any atom is -0.338 e. The largest absolute Gasteiger partial charge is 0.338 e. The number of hydrogen-bond acceptors (Lipinski definition) is 5. The number of carbonyl (C=O) groups excluding carboxylic acids is 1. The van der Waals surface area contributed by atoms with Crippen molar-refractivity contribution in [1.29, 1.82) is 0 Å². The Balaban J connectivity index is 1.78. The SMILES string of the molecule is CCSC1CCCCN(C(=O)c2cccc(-n3cnnn3)c2)C1. The van der Waals surface area contributed by atoms with Gasteiger partial charge in [0.15, 0.2) is 0 Å². The second kappa shape index (κ2) is 7.59. The number of thioether (sulfide) groups is 1. The van der Waals surface area contributed by atoms with Crippen LogP contribution in [-0.2, 0) is 0 Å². The van der Waals surface area contributed by atoms with Crippen LogP contribution >= 0.6 is 11.8 Å². The molecule has 1 fully saturated rings. The third-order valence-electron chi connectivity index (χ3n) is 4.02. The number of tetrazole rings is 1. The molecule has 23 heavy (non-hydrogen) atoms. The Kier molecular flexibility index (Phi) is 5.27. The molecule has 1 aromatic carbocycles. The van der Waals surface area contributed by atoms with Crippen molar-refractivity contribution in [3.63, 3.8) is 0 Å². The van der Waals surface area contributed by atoms with E-state index in [0.29, 0.717) is 10.8 Å². The summed E-state index contributed by atoms with van der Waals surface area (Å²) in [5.74, 6) is 1.20. The summed E-state index contributed by atoms with van der Waals surface area (Å²) in [4.78, 5) is 14.9. The zero-order chi connectivity index (χ0) is 16.1. The number of aromatic nitrogens is 4. The molecule has 0 bridgehead atoms. The molecule has 1 aromatic heterocycles. The standard InChI is InChI=1S/C16H21N5OS/c1-2-23-15-8-3-4-9-20(11-15)16(22)13-6-5-7-14(10-13)21-12-17-18-19-21/h5-7,10,12,15H,2-4,8-9,11H2,1H3. The van der Waals surface area contributed by atoms with E-state index in [0.717, 1.165) is 31.0 Å². The van der Waals surface area contributed by atoms with Gasteiger partial charge >= 0.3 is 0 Å². The van der Waals surface area contributed by atoms with Crippen molar-refractivity contribution in [2.24, 2.45) is 0 Å². The third-order valence-corrected chi connectivity index (χ3v) is 5.21. The monoisotopic (exact) mass is 331 g/mol. The molecular weight excluding hydrogens is 310 g/mol. The summed E-state index contributed by atoms with van der Waals surface area (Å²) >= 11 is 1.96. The highest BCUT2D eigenvalue weighted by Gasteiger charge is 2.23. The van der Waals surface area contributed by atoms with Gasteiger partial charge in [0.25, 0.3) is 5.91 Å². The van der Waals surface area contributed by atoms with E-state index in [9.17, 15) is 4.79 Å². The second-order valence-electron chi connectivity index (χ2n) is 5.63. The van der Waals surface area contributed by atoms with Crippen LogP contribution in [0.25, 0.3) is 5.69 Å². The van der Waals surface area contributed by atoms with Crippen LogP contribution in [0.15, 0.2) is 30.6 Å². The molecule has 0 aliphatic carbocycles. The molecule has 2 aromatic rings. The molecule has 1 amide bonds. The first-order chi connectivity index (χ1) is 11.3. The molecule has 0 N–H and O–H groups in total. The zero-order valence-corrected chi connectivity index (χ0v) is 14.1. The van der Waals surface area contributed by atoms with Gasteiger partial charge < -0.3 is 4.90 Å². The lowest BCUT2D eigenvalue weighted by atomic mass is 10.1. The first-order valence-corrected chi connectivity index (χ1v) is 9.07. The van der Waals surface area contributed by atoms with Crippen LogP contribution in [0, 0.1) is 0 Å². The lowest BCUT2D eigenvalue weighted by molar-refractivity contribution is 0.0763. The van der Waals surface area contributed by atoms with E-state index in [4.69, 9.17) is 0 Å². The van der Waals surface area contributed by atoms with Crippen LogP contribution in [-0.4, -0.2) is 55.1 Å². The van der Waals surface area contributed by atoms with E-state index >= 15 is 0 Å². The van der Waals surface area contributed by atoms with Gasteiger partial charge in [0.2, 0.25) is 0 Å². The van der Waals surface area contributed by atoms with Crippen molar-refractivity contribution in [1.82, 2.24) is 25.1 Å². The molecular formula is C16H21N5OS. The van der Waals surface area contributed by atoms with Crippen molar-refractivity contribution in [2.75, 3.05) is 18.8 Å². The molecule has 0 radical (unpaired) electrons. The fourth-order valence-corrected chi connectivity index (χ4v) is 3.99. The lowest BCUT2D eigenvalue weighted by Gasteiger charge is -2.24. The van der Waals surface area contributed by atoms with Crippen LogP contribution in [0.2, 0.25) is 0 Å². The molecule has 1 atom stereocenters. The van der Waals surface area contributed by atoms with Crippen molar-refractivity contribution in [2.45, 2.75) is 31.4 Å². The zero-order valence-electron chi connectivity index (χ0n) is 13.3. The van der Waals surface area contributed by atoms with E-state index < -0.39 is 0 Å². The van der Waals surface area contributed by atoms with Gasteiger partial charge in [-0.1, -0.05) is 19.4 Å². The van der Waals surface area contributed by atoms with E-state index in [1.165, 1.54) is 19.2 Å². The summed E-state index contributed by atoms with van der Waals surface area (Å²) in [6.45, 7) is 3.86. The summed E-state index contributed by atoms with van der Waals surface area (Å²) in [6.07, 6.45) is 5.02. The molecule has 122 valence electrons. The smallest absolute Gasteiger partial charge is 0.253 e.